The zero-order valence-corrected chi connectivity index (χ0v) is 6.04. The number of rotatable bonds is 0. The summed E-state index contributed by atoms with van der Waals surface area (Å²) in [5.41, 5.74) is 5.78. The molecular formula is C7H14N2. The van der Waals surface area contributed by atoms with E-state index < -0.39 is 0 Å². The van der Waals surface area contributed by atoms with E-state index in [0.29, 0.717) is 12.0 Å². The van der Waals surface area contributed by atoms with Gasteiger partial charge in [-0.2, -0.15) is 0 Å². The van der Waals surface area contributed by atoms with E-state index in [1.165, 1.54) is 0 Å². The number of hydrogen-bond acceptors (Lipinski definition) is 2. The number of likely N-dealkylation sites (N-methyl/N-ethyl adjacent to an activating group) is 1. The van der Waals surface area contributed by atoms with Crippen LogP contribution in [0.1, 0.15) is 6.92 Å². The third-order valence-electron chi connectivity index (χ3n) is 1.82. The van der Waals surface area contributed by atoms with E-state index in [0.717, 1.165) is 6.54 Å². The summed E-state index contributed by atoms with van der Waals surface area (Å²) in [6.45, 7) is 3.13. The van der Waals surface area contributed by atoms with Crippen molar-refractivity contribution in [3.8, 4) is 0 Å². The monoisotopic (exact) mass is 126 g/mol. The first kappa shape index (κ1) is 6.62. The molecule has 0 saturated carbocycles. The lowest BCUT2D eigenvalue weighted by atomic mass is 10.0. The van der Waals surface area contributed by atoms with Crippen molar-refractivity contribution in [1.82, 2.24) is 4.90 Å². The van der Waals surface area contributed by atoms with Crippen LogP contribution in [0.15, 0.2) is 12.3 Å². The first-order chi connectivity index (χ1) is 4.20. The molecule has 0 saturated heterocycles. The van der Waals surface area contributed by atoms with Gasteiger partial charge in [-0.15, -0.1) is 0 Å². The average Bonchev–Trinajstić information content (AvgIpc) is 1.80. The second-order valence-electron chi connectivity index (χ2n) is 2.80. The molecule has 2 atom stereocenters. The molecule has 0 radical (unpaired) electrons. The fourth-order valence-electron chi connectivity index (χ4n) is 0.985. The average molecular weight is 126 g/mol. The van der Waals surface area contributed by atoms with Crippen molar-refractivity contribution >= 4 is 0 Å². The first-order valence-electron chi connectivity index (χ1n) is 3.34. The van der Waals surface area contributed by atoms with Crippen LogP contribution in [0, 0.1) is 5.92 Å². The molecule has 0 aromatic heterocycles. The molecule has 2 heteroatoms. The largest absolute Gasteiger partial charge is 0.379 e. The normalized spacial score (nSPS) is 35.2. The molecule has 2 nitrogen and oxygen atoms in total. The molecule has 0 fully saturated rings. The maximum absolute atomic E-state index is 5.78. The molecule has 0 spiro atoms. The number of nitrogens with two attached hydrogens (primary N) is 1. The fourth-order valence-corrected chi connectivity index (χ4v) is 0.985. The molecule has 2 N–H and O–H groups in total. The Morgan fingerprint density at radius 1 is 1.67 bits per heavy atom. The Labute approximate surface area is 56.3 Å². The van der Waals surface area contributed by atoms with Crippen LogP contribution in [0.2, 0.25) is 0 Å². The highest BCUT2D eigenvalue weighted by Gasteiger charge is 2.14. The van der Waals surface area contributed by atoms with Gasteiger partial charge in [-0.05, 0) is 12.1 Å². The van der Waals surface area contributed by atoms with Gasteiger partial charge in [-0.3, -0.25) is 0 Å². The molecule has 0 aromatic carbocycles. The maximum Gasteiger partial charge on any atom is 0.0326 e. The molecule has 1 aliphatic rings. The van der Waals surface area contributed by atoms with Crippen molar-refractivity contribution in [2.75, 3.05) is 13.6 Å². The lowest BCUT2D eigenvalue weighted by Gasteiger charge is -2.27. The van der Waals surface area contributed by atoms with Gasteiger partial charge in [0.25, 0.3) is 0 Å². The van der Waals surface area contributed by atoms with Gasteiger partial charge < -0.3 is 10.6 Å². The van der Waals surface area contributed by atoms with E-state index in [2.05, 4.69) is 24.1 Å². The van der Waals surface area contributed by atoms with Crippen LogP contribution in [-0.4, -0.2) is 24.5 Å². The Bertz CT molecular complexity index is 120. The topological polar surface area (TPSA) is 29.3 Å². The predicted molar refractivity (Wildman–Crippen MR) is 38.9 cm³/mol. The van der Waals surface area contributed by atoms with Crippen LogP contribution in [-0.2, 0) is 0 Å². The Morgan fingerprint density at radius 3 is 2.78 bits per heavy atom. The Balaban J connectivity index is 2.54. The van der Waals surface area contributed by atoms with E-state index >= 15 is 0 Å². The Morgan fingerprint density at radius 2 is 2.33 bits per heavy atom. The summed E-state index contributed by atoms with van der Waals surface area (Å²) in [5, 5.41) is 0. The number of nitrogens with zero attached hydrogens (tertiary/aromatic N) is 1. The van der Waals surface area contributed by atoms with E-state index in [1.54, 1.807) is 0 Å². The van der Waals surface area contributed by atoms with E-state index in [9.17, 15) is 0 Å². The highest BCUT2D eigenvalue weighted by Crippen LogP contribution is 2.09. The molecule has 0 bridgehead atoms. The maximum atomic E-state index is 5.78. The van der Waals surface area contributed by atoms with Gasteiger partial charge >= 0.3 is 0 Å². The van der Waals surface area contributed by atoms with E-state index in [1.807, 2.05) is 7.05 Å². The van der Waals surface area contributed by atoms with Crippen LogP contribution in [0.4, 0.5) is 0 Å². The fraction of sp³-hybridized carbons (Fsp3) is 0.714. The molecule has 0 aliphatic carbocycles. The van der Waals surface area contributed by atoms with Gasteiger partial charge in [-0.1, -0.05) is 13.0 Å². The van der Waals surface area contributed by atoms with Crippen molar-refractivity contribution in [3.63, 3.8) is 0 Å². The minimum absolute atomic E-state index is 0.319. The molecule has 1 unspecified atom stereocenters. The van der Waals surface area contributed by atoms with Crippen molar-refractivity contribution in [2.45, 2.75) is 13.0 Å². The Hall–Kier alpha value is -0.500. The van der Waals surface area contributed by atoms with Crippen LogP contribution in [0.3, 0.4) is 0 Å². The summed E-state index contributed by atoms with van der Waals surface area (Å²) < 4.78 is 0. The minimum atomic E-state index is 0.319. The third-order valence-corrected chi connectivity index (χ3v) is 1.82. The summed E-state index contributed by atoms with van der Waals surface area (Å²) >= 11 is 0. The highest BCUT2D eigenvalue weighted by atomic mass is 15.1. The smallest absolute Gasteiger partial charge is 0.0326 e. The molecule has 52 valence electrons. The molecule has 1 rings (SSSR count). The molecule has 1 heterocycles. The van der Waals surface area contributed by atoms with Gasteiger partial charge in [0.15, 0.2) is 0 Å². The quantitative estimate of drug-likeness (QED) is 0.509. The van der Waals surface area contributed by atoms with Gasteiger partial charge in [0.1, 0.15) is 0 Å². The van der Waals surface area contributed by atoms with Crippen LogP contribution < -0.4 is 5.73 Å². The van der Waals surface area contributed by atoms with Crippen LogP contribution >= 0.6 is 0 Å². The summed E-state index contributed by atoms with van der Waals surface area (Å²) in [6, 6.07) is 0.319. The lowest BCUT2D eigenvalue weighted by molar-refractivity contribution is 0.345. The SMILES string of the molecule is CC1C=CN(C)C[C@H]1N. The third kappa shape index (κ3) is 1.45. The predicted octanol–water partition coefficient (Wildman–Crippen LogP) is 0.409. The highest BCUT2D eigenvalue weighted by molar-refractivity contribution is 4.97. The summed E-state index contributed by atoms with van der Waals surface area (Å²) in [5.74, 6) is 0.543. The van der Waals surface area contributed by atoms with Crippen molar-refractivity contribution < 1.29 is 0 Å². The lowest BCUT2D eigenvalue weighted by Crippen LogP contribution is -2.40. The van der Waals surface area contributed by atoms with Gasteiger partial charge in [0, 0.05) is 19.6 Å². The summed E-state index contributed by atoms with van der Waals surface area (Å²) in [6.07, 6.45) is 4.24. The minimum Gasteiger partial charge on any atom is -0.379 e. The van der Waals surface area contributed by atoms with Crippen molar-refractivity contribution in [1.29, 1.82) is 0 Å². The Kier molecular flexibility index (Phi) is 1.76. The molecule has 9 heavy (non-hydrogen) atoms. The van der Waals surface area contributed by atoms with E-state index in [4.69, 9.17) is 5.73 Å². The number of hydrogen-bond donors (Lipinski definition) is 1. The summed E-state index contributed by atoms with van der Waals surface area (Å²) in [4.78, 5) is 2.12. The summed E-state index contributed by atoms with van der Waals surface area (Å²) in [7, 11) is 2.04. The van der Waals surface area contributed by atoms with Crippen molar-refractivity contribution in [3.05, 3.63) is 12.3 Å². The second kappa shape index (κ2) is 2.40. The van der Waals surface area contributed by atoms with Gasteiger partial charge in [0.2, 0.25) is 0 Å². The molecule has 0 amide bonds. The molecule has 0 aromatic rings. The van der Waals surface area contributed by atoms with Gasteiger partial charge in [0.05, 0.1) is 0 Å². The van der Waals surface area contributed by atoms with E-state index in [-0.39, 0.29) is 0 Å². The molecule has 1 aliphatic heterocycles. The zero-order valence-electron chi connectivity index (χ0n) is 6.04. The van der Waals surface area contributed by atoms with Gasteiger partial charge in [-0.25, -0.2) is 0 Å². The molecular weight excluding hydrogens is 112 g/mol. The second-order valence-corrected chi connectivity index (χ2v) is 2.80. The van der Waals surface area contributed by atoms with Crippen LogP contribution in [0.5, 0.6) is 0 Å². The van der Waals surface area contributed by atoms with Crippen LogP contribution in [0.25, 0.3) is 0 Å². The standard InChI is InChI=1S/C7H14N2/c1-6-3-4-9(2)5-7(6)8/h3-4,6-7H,5,8H2,1-2H3/t6?,7-/m1/s1. The first-order valence-corrected chi connectivity index (χ1v) is 3.34. The van der Waals surface area contributed by atoms with Crippen molar-refractivity contribution in [2.24, 2.45) is 11.7 Å². The zero-order chi connectivity index (χ0) is 6.85.